The average molecular weight is 898 g/mol. The largest absolute Gasteiger partial charge is 0.379 e. The Morgan fingerprint density at radius 2 is 1.22 bits per heavy atom. The van der Waals surface area contributed by atoms with Gasteiger partial charge >= 0.3 is 0 Å². The molecule has 12 nitrogen and oxygen atoms in total. The molecule has 1 saturated heterocycles. The van der Waals surface area contributed by atoms with Crippen molar-refractivity contribution in [2.24, 2.45) is 9.98 Å². The Kier molecular flexibility index (Phi) is 13.2. The van der Waals surface area contributed by atoms with Crippen LogP contribution in [0.3, 0.4) is 0 Å². The van der Waals surface area contributed by atoms with Gasteiger partial charge in [0.15, 0.2) is 11.6 Å². The molecule has 0 amide bonds. The van der Waals surface area contributed by atoms with Crippen LogP contribution in [0, 0.1) is 34.6 Å². The molecule has 9 rings (SSSR count). The number of morpholine rings is 1. The van der Waals surface area contributed by atoms with E-state index in [1.165, 1.54) is 48.1 Å². The number of rotatable bonds is 15. The predicted molar refractivity (Wildman–Crippen MR) is 261 cm³/mol. The summed E-state index contributed by atoms with van der Waals surface area (Å²) in [5.41, 5.74) is 12.0. The molecule has 64 heavy (non-hydrogen) atoms. The first-order valence-corrected chi connectivity index (χ1v) is 24.7. The van der Waals surface area contributed by atoms with Crippen LogP contribution in [-0.4, -0.2) is 129 Å². The molecule has 2 unspecified atom stereocenters. The van der Waals surface area contributed by atoms with Crippen LogP contribution in [0.5, 0.6) is 0 Å². The minimum absolute atomic E-state index is 0.136. The molecule has 7 heterocycles. The minimum atomic E-state index is -0.164. The number of fused-ring (bicyclic) bond motifs is 6. The van der Waals surface area contributed by atoms with E-state index < -0.39 is 0 Å². The number of hydrogen-bond donors (Lipinski definition) is 0. The number of ether oxygens (including phenoxy) is 1. The molecule has 0 aliphatic carbocycles. The quantitative estimate of drug-likeness (QED) is 0.102. The van der Waals surface area contributed by atoms with Gasteiger partial charge in [0.05, 0.1) is 24.6 Å². The third-order valence-corrected chi connectivity index (χ3v) is 15.6. The average Bonchev–Trinajstić information content (AvgIpc) is 4.00. The Labute approximate surface area is 386 Å². The molecule has 336 valence electrons. The standard InChI is InChI=1S/C50H63N11OS2/c1-10-36-15-19-38(20-16-36)46-44-32(3)34(5)64-50(44)61-42(54-56-48(61)41(52-46)30-58(9)23-12-24-59-25-27-62-28-26-59)14-11-13-37-17-21-39(22-18-37)45-43-31(2)33(4)63-49(43)60-35(6)53-55-47(60)40(51-45)29-57(7)8/h15-22,40-41H,10-14,23-30H2,1-9H3. The topological polar surface area (TPSA) is 105 Å². The lowest BCUT2D eigenvalue weighted by atomic mass is 9.97. The molecular formula is C50H63N11OS2. The summed E-state index contributed by atoms with van der Waals surface area (Å²) >= 11 is 3.65. The Morgan fingerprint density at radius 3 is 1.83 bits per heavy atom. The molecular weight excluding hydrogens is 835 g/mol. The zero-order chi connectivity index (χ0) is 44.6. The van der Waals surface area contributed by atoms with Crippen molar-refractivity contribution in [1.29, 1.82) is 0 Å². The SMILES string of the molecule is CCc1ccc(C2=NC(CN(C)CCCN3CCOCC3)c3nnc(CCCc4ccc(C5=NC(CN(C)C)c6nnc(C)n6-c6sc(C)c(C)c65)cc4)n3-c3sc(C)c(C)c32)cc1. The molecule has 0 N–H and O–H groups in total. The van der Waals surface area contributed by atoms with Crippen LogP contribution in [0.1, 0.15) is 109 Å². The molecule has 2 aromatic carbocycles. The second kappa shape index (κ2) is 19.0. The number of hydrogen-bond acceptors (Lipinski definition) is 12. The first kappa shape index (κ1) is 44.5. The lowest BCUT2D eigenvalue weighted by Gasteiger charge is -2.27. The molecule has 2 atom stereocenters. The highest BCUT2D eigenvalue weighted by Gasteiger charge is 2.34. The maximum atomic E-state index is 5.65. The van der Waals surface area contributed by atoms with Gasteiger partial charge in [-0.2, -0.15) is 0 Å². The third kappa shape index (κ3) is 8.84. The fourth-order valence-corrected chi connectivity index (χ4v) is 11.8. The van der Waals surface area contributed by atoms with Gasteiger partial charge in [-0.1, -0.05) is 55.5 Å². The van der Waals surface area contributed by atoms with Gasteiger partial charge < -0.3 is 14.5 Å². The highest BCUT2D eigenvalue weighted by atomic mass is 32.1. The monoisotopic (exact) mass is 897 g/mol. The van der Waals surface area contributed by atoms with E-state index in [2.05, 4.69) is 138 Å². The number of thiophene rings is 2. The van der Waals surface area contributed by atoms with Crippen molar-refractivity contribution in [1.82, 2.24) is 44.2 Å². The van der Waals surface area contributed by atoms with Crippen LogP contribution in [-0.2, 0) is 24.0 Å². The molecule has 0 spiro atoms. The van der Waals surface area contributed by atoms with E-state index in [9.17, 15) is 0 Å². The van der Waals surface area contributed by atoms with Gasteiger partial charge in [0.2, 0.25) is 0 Å². The van der Waals surface area contributed by atoms with E-state index in [4.69, 9.17) is 24.9 Å². The van der Waals surface area contributed by atoms with Crippen molar-refractivity contribution in [3.05, 3.63) is 126 Å². The molecule has 1 fully saturated rings. The van der Waals surface area contributed by atoms with E-state index in [0.717, 1.165) is 135 Å². The van der Waals surface area contributed by atoms with Crippen LogP contribution in [0.4, 0.5) is 0 Å². The predicted octanol–water partition coefficient (Wildman–Crippen LogP) is 8.25. The van der Waals surface area contributed by atoms with Crippen LogP contribution in [0.15, 0.2) is 58.5 Å². The highest BCUT2D eigenvalue weighted by Crippen LogP contribution is 2.41. The van der Waals surface area contributed by atoms with Gasteiger partial charge in [-0.25, -0.2) is 0 Å². The number of aryl methyl sites for hydroxylation is 6. The summed E-state index contributed by atoms with van der Waals surface area (Å²) in [5, 5.41) is 21.5. The van der Waals surface area contributed by atoms with Crippen LogP contribution in [0.25, 0.3) is 10.0 Å². The number of aliphatic imine (C=N–C) groups is 2. The number of likely N-dealkylation sites (N-methyl/N-ethyl adjacent to an activating group) is 2. The summed E-state index contributed by atoms with van der Waals surface area (Å²) in [4.78, 5) is 20.8. The van der Waals surface area contributed by atoms with Crippen molar-refractivity contribution in [3.63, 3.8) is 0 Å². The first-order chi connectivity index (χ1) is 31.0. The van der Waals surface area contributed by atoms with Gasteiger partial charge in [0.25, 0.3) is 0 Å². The molecule has 0 radical (unpaired) electrons. The van der Waals surface area contributed by atoms with E-state index in [1.54, 1.807) is 11.3 Å². The zero-order valence-corrected chi connectivity index (χ0v) is 40.7. The summed E-state index contributed by atoms with van der Waals surface area (Å²) in [6.07, 6.45) is 4.79. The summed E-state index contributed by atoms with van der Waals surface area (Å²) in [6.45, 7) is 20.4. The maximum absolute atomic E-state index is 5.65. The lowest BCUT2D eigenvalue weighted by molar-refractivity contribution is 0.0363. The molecule has 3 aliphatic heterocycles. The second-order valence-electron chi connectivity index (χ2n) is 18.1. The summed E-state index contributed by atoms with van der Waals surface area (Å²) in [5.74, 6) is 3.73. The lowest BCUT2D eigenvalue weighted by Crippen LogP contribution is -2.38. The number of benzene rings is 2. The molecule has 14 heteroatoms. The first-order valence-electron chi connectivity index (χ1n) is 23.0. The Hall–Kier alpha value is -4.70. The van der Waals surface area contributed by atoms with E-state index in [0.29, 0.717) is 0 Å². The Morgan fingerprint density at radius 1 is 0.656 bits per heavy atom. The fourth-order valence-electron chi connectivity index (χ4n) is 9.40. The Balaban J connectivity index is 0.979. The van der Waals surface area contributed by atoms with Gasteiger partial charge in [-0.05, 0) is 117 Å². The van der Waals surface area contributed by atoms with Crippen molar-refractivity contribution in [2.75, 3.05) is 73.6 Å². The van der Waals surface area contributed by atoms with Gasteiger partial charge in [0.1, 0.15) is 33.7 Å². The summed E-state index contributed by atoms with van der Waals surface area (Å²) < 4.78 is 10.2. The van der Waals surface area contributed by atoms with Gasteiger partial charge in [-0.3, -0.25) is 24.0 Å². The number of nitrogens with zero attached hydrogens (tertiary/aromatic N) is 11. The van der Waals surface area contributed by atoms with E-state index >= 15 is 0 Å². The normalized spacial score (nSPS) is 17.5. The molecule has 6 aromatic rings. The van der Waals surface area contributed by atoms with Crippen LogP contribution >= 0.6 is 22.7 Å². The van der Waals surface area contributed by atoms with Crippen molar-refractivity contribution < 1.29 is 4.74 Å². The molecule has 3 aliphatic rings. The maximum Gasteiger partial charge on any atom is 0.164 e. The highest BCUT2D eigenvalue weighted by molar-refractivity contribution is 7.15. The second-order valence-corrected chi connectivity index (χ2v) is 20.5. The van der Waals surface area contributed by atoms with Crippen molar-refractivity contribution in [3.8, 4) is 10.0 Å². The molecule has 4 aromatic heterocycles. The van der Waals surface area contributed by atoms with E-state index in [1.807, 2.05) is 18.3 Å². The summed E-state index contributed by atoms with van der Waals surface area (Å²) in [6, 6.07) is 17.8. The van der Waals surface area contributed by atoms with Gasteiger partial charge in [-0.15, -0.1) is 43.1 Å². The van der Waals surface area contributed by atoms with E-state index in [-0.39, 0.29) is 12.1 Å². The van der Waals surface area contributed by atoms with Crippen molar-refractivity contribution >= 4 is 34.1 Å². The molecule has 0 bridgehead atoms. The number of aromatic nitrogens is 6. The van der Waals surface area contributed by atoms with Crippen LogP contribution in [0.2, 0.25) is 0 Å². The fraction of sp³-hybridized carbons (Fsp3) is 0.480. The Bertz CT molecular complexity index is 2660. The smallest absolute Gasteiger partial charge is 0.164 e. The zero-order valence-electron chi connectivity index (χ0n) is 39.1. The molecule has 0 saturated carbocycles. The van der Waals surface area contributed by atoms with Crippen LogP contribution < -0.4 is 0 Å². The summed E-state index contributed by atoms with van der Waals surface area (Å²) in [7, 11) is 6.42. The van der Waals surface area contributed by atoms with Crippen molar-refractivity contribution in [2.45, 2.75) is 85.7 Å². The van der Waals surface area contributed by atoms with Gasteiger partial charge in [0, 0.05) is 64.6 Å². The minimum Gasteiger partial charge on any atom is -0.379 e. The third-order valence-electron chi connectivity index (χ3n) is 13.3.